The molecule has 4 aromatic heterocycles. The molecule has 4 aromatic rings. The third-order valence-corrected chi connectivity index (χ3v) is 7.77. The number of rotatable bonds is 5. The average molecular weight is 475 g/mol. The summed E-state index contributed by atoms with van der Waals surface area (Å²) in [5, 5.41) is 8.32. The molecule has 1 saturated carbocycles. The van der Waals surface area contributed by atoms with Crippen LogP contribution in [0.1, 0.15) is 50.4 Å². The Balaban J connectivity index is 1.26. The number of aromatic nitrogens is 6. The van der Waals surface area contributed by atoms with Gasteiger partial charge < -0.3 is 19.5 Å². The number of ether oxygens (including phenoxy) is 1. The van der Waals surface area contributed by atoms with Crippen LogP contribution in [0.15, 0.2) is 30.7 Å². The molecule has 9 nitrogen and oxygen atoms in total. The van der Waals surface area contributed by atoms with E-state index in [0.29, 0.717) is 24.1 Å². The molecule has 0 atom stereocenters. The van der Waals surface area contributed by atoms with Crippen molar-refractivity contribution in [2.24, 2.45) is 0 Å². The second-order valence-electron chi connectivity index (χ2n) is 10.2. The molecule has 2 aliphatic rings. The summed E-state index contributed by atoms with van der Waals surface area (Å²) in [6.45, 7) is 3.66. The van der Waals surface area contributed by atoms with E-state index in [-0.39, 0.29) is 0 Å². The Hall–Kier alpha value is -3.04. The van der Waals surface area contributed by atoms with Gasteiger partial charge in [0, 0.05) is 54.9 Å². The SMILES string of the molecule is Cc1nc2ncc(-c3ccn4nc(NC5CCC(N(C)C)CC5)ncc34)cc2n1C1CCOCC1. The minimum Gasteiger partial charge on any atom is -0.381 e. The lowest BCUT2D eigenvalue weighted by Crippen LogP contribution is -2.36. The fourth-order valence-corrected chi connectivity index (χ4v) is 5.77. The van der Waals surface area contributed by atoms with E-state index < -0.39 is 0 Å². The zero-order valence-electron chi connectivity index (χ0n) is 20.8. The summed E-state index contributed by atoms with van der Waals surface area (Å²) in [5.41, 5.74) is 4.99. The number of fused-ring (bicyclic) bond motifs is 2. The molecule has 0 radical (unpaired) electrons. The van der Waals surface area contributed by atoms with Gasteiger partial charge in [-0.15, -0.1) is 5.10 Å². The van der Waals surface area contributed by atoms with E-state index in [4.69, 9.17) is 19.8 Å². The molecule has 1 N–H and O–H groups in total. The zero-order chi connectivity index (χ0) is 23.9. The highest BCUT2D eigenvalue weighted by molar-refractivity contribution is 5.85. The van der Waals surface area contributed by atoms with Crippen molar-refractivity contribution in [3.63, 3.8) is 0 Å². The first-order chi connectivity index (χ1) is 17.1. The standard InChI is InChI=1S/C26H34N8O/c1-17-29-25-23(34(17)21-9-12-35-13-10-21)14-18(15-27-25)22-8-11-33-24(22)16-28-26(31-33)30-19-4-6-20(7-5-19)32(2)3/h8,11,14-16,19-21H,4-7,9-10,12-13H2,1-3H3,(H,30,31). The van der Waals surface area contributed by atoms with Crippen LogP contribution in [0.5, 0.6) is 0 Å². The van der Waals surface area contributed by atoms with Crippen molar-refractivity contribution < 1.29 is 4.74 Å². The lowest BCUT2D eigenvalue weighted by atomic mass is 9.91. The van der Waals surface area contributed by atoms with Gasteiger partial charge in [-0.05, 0) is 71.7 Å². The second kappa shape index (κ2) is 9.20. The monoisotopic (exact) mass is 474 g/mol. The lowest BCUT2D eigenvalue weighted by molar-refractivity contribution is 0.0701. The van der Waals surface area contributed by atoms with Gasteiger partial charge in [0.05, 0.1) is 17.2 Å². The number of nitrogens with zero attached hydrogens (tertiary/aromatic N) is 7. The van der Waals surface area contributed by atoms with Crippen LogP contribution in [0.2, 0.25) is 0 Å². The molecule has 5 heterocycles. The van der Waals surface area contributed by atoms with Crippen molar-refractivity contribution in [2.45, 2.75) is 63.6 Å². The molecule has 0 spiro atoms. The summed E-state index contributed by atoms with van der Waals surface area (Å²) >= 11 is 0. The topological polar surface area (TPSA) is 85.4 Å². The molecule has 6 rings (SSSR count). The molecule has 0 bridgehead atoms. The van der Waals surface area contributed by atoms with E-state index in [0.717, 1.165) is 72.5 Å². The number of hydrogen-bond acceptors (Lipinski definition) is 7. The van der Waals surface area contributed by atoms with E-state index in [1.54, 1.807) is 0 Å². The molecular formula is C26H34N8O. The molecule has 9 heteroatoms. The molecule has 2 fully saturated rings. The van der Waals surface area contributed by atoms with E-state index >= 15 is 0 Å². The van der Waals surface area contributed by atoms with Crippen LogP contribution in [0.3, 0.4) is 0 Å². The van der Waals surface area contributed by atoms with Crippen LogP contribution in [-0.4, -0.2) is 73.4 Å². The summed E-state index contributed by atoms with van der Waals surface area (Å²) in [6, 6.07) is 5.82. The molecule has 0 amide bonds. The summed E-state index contributed by atoms with van der Waals surface area (Å²) in [5.74, 6) is 1.70. The van der Waals surface area contributed by atoms with Crippen LogP contribution >= 0.6 is 0 Å². The van der Waals surface area contributed by atoms with Crippen LogP contribution < -0.4 is 5.32 Å². The van der Waals surface area contributed by atoms with Crippen LogP contribution in [0, 0.1) is 6.92 Å². The van der Waals surface area contributed by atoms with Crippen LogP contribution in [0.4, 0.5) is 5.95 Å². The maximum absolute atomic E-state index is 5.58. The van der Waals surface area contributed by atoms with Gasteiger partial charge in [0.2, 0.25) is 5.95 Å². The van der Waals surface area contributed by atoms with Crippen molar-refractivity contribution in [1.29, 1.82) is 0 Å². The molecule has 0 unspecified atom stereocenters. The number of anilines is 1. The van der Waals surface area contributed by atoms with Crippen molar-refractivity contribution in [3.8, 4) is 11.1 Å². The number of imidazole rings is 1. The first-order valence-corrected chi connectivity index (χ1v) is 12.8. The summed E-state index contributed by atoms with van der Waals surface area (Å²) in [6.07, 6.45) is 12.6. The van der Waals surface area contributed by atoms with Gasteiger partial charge >= 0.3 is 0 Å². The van der Waals surface area contributed by atoms with Gasteiger partial charge in [-0.3, -0.25) is 0 Å². The van der Waals surface area contributed by atoms with Crippen molar-refractivity contribution in [3.05, 3.63) is 36.5 Å². The van der Waals surface area contributed by atoms with Gasteiger partial charge in [-0.25, -0.2) is 19.5 Å². The fraction of sp³-hybridized carbons (Fsp3) is 0.538. The number of pyridine rings is 1. The Labute approximate surface area is 205 Å². The Morgan fingerprint density at radius 3 is 2.57 bits per heavy atom. The maximum atomic E-state index is 5.58. The molecule has 1 saturated heterocycles. The largest absolute Gasteiger partial charge is 0.381 e. The molecule has 35 heavy (non-hydrogen) atoms. The molecule has 0 aromatic carbocycles. The quantitative estimate of drug-likeness (QED) is 0.466. The average Bonchev–Trinajstić information content (AvgIpc) is 3.44. The van der Waals surface area contributed by atoms with Crippen LogP contribution in [0.25, 0.3) is 27.8 Å². The zero-order valence-corrected chi connectivity index (χ0v) is 20.8. The van der Waals surface area contributed by atoms with Gasteiger partial charge in [0.1, 0.15) is 5.82 Å². The lowest BCUT2D eigenvalue weighted by Gasteiger charge is -2.32. The van der Waals surface area contributed by atoms with Crippen molar-refractivity contribution in [1.82, 2.24) is 34.0 Å². The van der Waals surface area contributed by atoms with Crippen molar-refractivity contribution >= 4 is 22.6 Å². The summed E-state index contributed by atoms with van der Waals surface area (Å²) in [7, 11) is 4.35. The molecule has 1 aliphatic carbocycles. The normalized spacial score (nSPS) is 21.8. The predicted octanol–water partition coefficient (Wildman–Crippen LogP) is 4.09. The van der Waals surface area contributed by atoms with Gasteiger partial charge in [0.15, 0.2) is 5.65 Å². The predicted molar refractivity (Wildman–Crippen MR) is 137 cm³/mol. The first-order valence-electron chi connectivity index (χ1n) is 12.8. The highest BCUT2D eigenvalue weighted by Crippen LogP contribution is 2.31. The highest BCUT2D eigenvalue weighted by Gasteiger charge is 2.24. The van der Waals surface area contributed by atoms with Crippen molar-refractivity contribution in [2.75, 3.05) is 32.6 Å². The fourth-order valence-electron chi connectivity index (χ4n) is 5.77. The molecule has 184 valence electrons. The van der Waals surface area contributed by atoms with E-state index in [2.05, 4.69) is 52.9 Å². The Morgan fingerprint density at radius 1 is 1.00 bits per heavy atom. The summed E-state index contributed by atoms with van der Waals surface area (Å²) < 4.78 is 9.84. The van der Waals surface area contributed by atoms with E-state index in [1.165, 1.54) is 12.8 Å². The minimum atomic E-state index is 0.404. The van der Waals surface area contributed by atoms with E-state index in [9.17, 15) is 0 Å². The third kappa shape index (κ3) is 4.27. The molecule has 1 aliphatic heterocycles. The number of nitrogens with one attached hydrogen (secondary N) is 1. The van der Waals surface area contributed by atoms with Gasteiger partial charge in [0.25, 0.3) is 0 Å². The Morgan fingerprint density at radius 2 is 1.80 bits per heavy atom. The first kappa shape index (κ1) is 22.4. The number of hydrogen-bond donors (Lipinski definition) is 1. The van der Waals surface area contributed by atoms with Gasteiger partial charge in [-0.2, -0.15) is 0 Å². The Bertz CT molecular complexity index is 1330. The Kier molecular flexibility index (Phi) is 5.89. The minimum absolute atomic E-state index is 0.404. The second-order valence-corrected chi connectivity index (χ2v) is 10.2. The van der Waals surface area contributed by atoms with Crippen LogP contribution in [-0.2, 0) is 4.74 Å². The van der Waals surface area contributed by atoms with Gasteiger partial charge in [-0.1, -0.05) is 0 Å². The third-order valence-electron chi connectivity index (χ3n) is 7.77. The maximum Gasteiger partial charge on any atom is 0.241 e. The van der Waals surface area contributed by atoms with E-state index in [1.807, 2.05) is 23.1 Å². The number of aryl methyl sites for hydroxylation is 1. The highest BCUT2D eigenvalue weighted by atomic mass is 16.5. The summed E-state index contributed by atoms with van der Waals surface area (Å²) in [4.78, 5) is 16.4. The smallest absolute Gasteiger partial charge is 0.241 e. The molecular weight excluding hydrogens is 440 g/mol.